The van der Waals surface area contributed by atoms with Crippen molar-refractivity contribution in [3.63, 3.8) is 0 Å². The number of carbonyl (C=O) groups excluding carboxylic acids is 2. The third-order valence-electron chi connectivity index (χ3n) is 5.47. The van der Waals surface area contributed by atoms with Crippen molar-refractivity contribution >= 4 is 22.7 Å². The van der Waals surface area contributed by atoms with E-state index in [4.69, 9.17) is 0 Å². The van der Waals surface area contributed by atoms with Crippen LogP contribution in [0.4, 0.5) is 0 Å². The van der Waals surface area contributed by atoms with E-state index in [1.807, 2.05) is 7.05 Å². The van der Waals surface area contributed by atoms with Crippen molar-refractivity contribution in [1.82, 2.24) is 15.2 Å². The number of aromatic nitrogens is 1. The largest absolute Gasteiger partial charge is 0.350 e. The molecule has 0 aliphatic carbocycles. The normalized spacial score (nSPS) is 22.8. The number of hydrogen-bond donors (Lipinski definition) is 2. The Morgan fingerprint density at radius 3 is 2.67 bits per heavy atom. The molecule has 2 aromatic rings. The van der Waals surface area contributed by atoms with Crippen LogP contribution in [0.15, 0.2) is 24.4 Å². The second-order valence-electron chi connectivity index (χ2n) is 7.00. The van der Waals surface area contributed by atoms with Crippen LogP contribution >= 0.6 is 0 Å². The van der Waals surface area contributed by atoms with Crippen LogP contribution in [0.1, 0.15) is 48.6 Å². The first-order chi connectivity index (χ1) is 11.6. The highest BCUT2D eigenvalue weighted by atomic mass is 16.2. The first-order valence-corrected chi connectivity index (χ1v) is 8.77. The summed E-state index contributed by atoms with van der Waals surface area (Å²) in [5.41, 5.74) is 3.60. The summed E-state index contributed by atoms with van der Waals surface area (Å²) in [7, 11) is 2.03. The van der Waals surface area contributed by atoms with E-state index in [1.165, 1.54) is 23.9 Å². The van der Waals surface area contributed by atoms with Gasteiger partial charge in [0, 0.05) is 30.6 Å². The van der Waals surface area contributed by atoms with E-state index < -0.39 is 0 Å². The number of fused-ring (bicyclic) bond motifs is 1. The Labute approximate surface area is 141 Å². The van der Waals surface area contributed by atoms with Gasteiger partial charge in [-0.15, -0.1) is 0 Å². The van der Waals surface area contributed by atoms with E-state index in [1.54, 1.807) is 0 Å². The molecular weight excluding hydrogens is 302 g/mol. The lowest BCUT2D eigenvalue weighted by atomic mass is 9.87. The maximum absolute atomic E-state index is 12.2. The monoisotopic (exact) mass is 325 g/mol. The molecule has 126 valence electrons. The van der Waals surface area contributed by atoms with Crippen LogP contribution in [0.5, 0.6) is 0 Å². The molecule has 2 fully saturated rings. The van der Waals surface area contributed by atoms with Crippen molar-refractivity contribution in [2.75, 3.05) is 13.1 Å². The Balaban J connectivity index is 1.71. The van der Waals surface area contributed by atoms with E-state index in [9.17, 15) is 9.59 Å². The topological polar surface area (TPSA) is 63.1 Å². The number of imide groups is 1. The van der Waals surface area contributed by atoms with Crippen molar-refractivity contribution in [1.29, 1.82) is 0 Å². The molecule has 0 saturated carbocycles. The lowest BCUT2D eigenvalue weighted by molar-refractivity contribution is -0.134. The molecule has 2 amide bonds. The lowest BCUT2D eigenvalue weighted by Crippen LogP contribution is -2.39. The number of piperidine rings is 2. The molecular formula is C19H23N3O2. The van der Waals surface area contributed by atoms with Crippen LogP contribution in [-0.4, -0.2) is 29.5 Å². The molecule has 1 unspecified atom stereocenters. The van der Waals surface area contributed by atoms with Gasteiger partial charge in [0.05, 0.1) is 5.92 Å². The molecule has 1 atom stereocenters. The summed E-state index contributed by atoms with van der Waals surface area (Å²) >= 11 is 0. The van der Waals surface area contributed by atoms with E-state index in [0.29, 0.717) is 18.8 Å². The van der Waals surface area contributed by atoms with Gasteiger partial charge in [-0.2, -0.15) is 0 Å². The van der Waals surface area contributed by atoms with Gasteiger partial charge in [-0.05, 0) is 55.5 Å². The Morgan fingerprint density at radius 2 is 1.92 bits per heavy atom. The van der Waals surface area contributed by atoms with Gasteiger partial charge >= 0.3 is 0 Å². The molecule has 2 aliphatic heterocycles. The fourth-order valence-electron chi connectivity index (χ4n) is 4.11. The first kappa shape index (κ1) is 15.4. The zero-order chi connectivity index (χ0) is 16.7. The van der Waals surface area contributed by atoms with Crippen molar-refractivity contribution in [2.24, 2.45) is 7.05 Å². The number of hydrogen-bond acceptors (Lipinski definition) is 3. The van der Waals surface area contributed by atoms with E-state index in [0.717, 1.165) is 24.0 Å². The quantitative estimate of drug-likeness (QED) is 0.832. The predicted molar refractivity (Wildman–Crippen MR) is 92.9 cm³/mol. The van der Waals surface area contributed by atoms with Crippen molar-refractivity contribution in [2.45, 2.75) is 37.5 Å². The van der Waals surface area contributed by atoms with E-state index in [-0.39, 0.29) is 17.7 Å². The lowest BCUT2D eigenvalue weighted by Gasteiger charge is -2.23. The highest BCUT2D eigenvalue weighted by Crippen LogP contribution is 2.34. The van der Waals surface area contributed by atoms with Gasteiger partial charge in [-0.1, -0.05) is 12.1 Å². The standard InChI is InChI=1S/C19H23N3O2/c1-22-11-16(15-4-5-18(23)21-19(15)24)14-3-2-13(10-17(14)22)12-6-8-20-9-7-12/h2-3,10-12,15,20H,4-9H2,1H3,(H,21,23,24). The van der Waals surface area contributed by atoms with E-state index >= 15 is 0 Å². The van der Waals surface area contributed by atoms with Crippen LogP contribution in [0.25, 0.3) is 10.9 Å². The molecule has 1 aromatic heterocycles. The van der Waals surface area contributed by atoms with Crippen molar-refractivity contribution in [3.05, 3.63) is 35.5 Å². The number of nitrogens with one attached hydrogen (secondary N) is 2. The van der Waals surface area contributed by atoms with Crippen LogP contribution < -0.4 is 10.6 Å². The predicted octanol–water partition coefficient (Wildman–Crippen LogP) is 2.17. The van der Waals surface area contributed by atoms with Crippen LogP contribution in [0.3, 0.4) is 0 Å². The summed E-state index contributed by atoms with van der Waals surface area (Å²) in [6.07, 6.45) is 5.42. The van der Waals surface area contributed by atoms with Gasteiger partial charge in [0.25, 0.3) is 0 Å². The molecule has 0 radical (unpaired) electrons. The summed E-state index contributed by atoms with van der Waals surface area (Å²) in [6.45, 7) is 2.16. The molecule has 24 heavy (non-hydrogen) atoms. The number of carbonyl (C=O) groups is 2. The molecule has 1 aromatic carbocycles. The number of amides is 2. The third kappa shape index (κ3) is 2.63. The maximum atomic E-state index is 12.2. The Bertz CT molecular complexity index is 802. The number of aryl methyl sites for hydroxylation is 1. The molecule has 4 rings (SSSR count). The number of nitrogens with zero attached hydrogens (tertiary/aromatic N) is 1. The molecule has 3 heterocycles. The van der Waals surface area contributed by atoms with Gasteiger partial charge in [0.1, 0.15) is 0 Å². The Hall–Kier alpha value is -2.14. The smallest absolute Gasteiger partial charge is 0.234 e. The van der Waals surface area contributed by atoms with Gasteiger partial charge < -0.3 is 9.88 Å². The van der Waals surface area contributed by atoms with Gasteiger partial charge in [0.15, 0.2) is 0 Å². The van der Waals surface area contributed by atoms with Gasteiger partial charge in [-0.25, -0.2) is 0 Å². The molecule has 2 aliphatic rings. The number of benzene rings is 1. The highest BCUT2D eigenvalue weighted by molar-refractivity contribution is 6.03. The first-order valence-electron chi connectivity index (χ1n) is 8.77. The van der Waals surface area contributed by atoms with Crippen LogP contribution in [0, 0.1) is 0 Å². The minimum absolute atomic E-state index is 0.162. The van der Waals surface area contributed by atoms with Crippen molar-refractivity contribution in [3.8, 4) is 0 Å². The molecule has 0 spiro atoms. The zero-order valence-corrected chi connectivity index (χ0v) is 14.0. The highest BCUT2D eigenvalue weighted by Gasteiger charge is 2.30. The van der Waals surface area contributed by atoms with Gasteiger partial charge in [-0.3, -0.25) is 14.9 Å². The second-order valence-corrected chi connectivity index (χ2v) is 7.00. The summed E-state index contributed by atoms with van der Waals surface area (Å²) in [6, 6.07) is 6.65. The van der Waals surface area contributed by atoms with Crippen LogP contribution in [0.2, 0.25) is 0 Å². The zero-order valence-electron chi connectivity index (χ0n) is 14.0. The molecule has 2 N–H and O–H groups in total. The third-order valence-corrected chi connectivity index (χ3v) is 5.47. The van der Waals surface area contributed by atoms with E-state index in [2.05, 4.69) is 39.6 Å². The summed E-state index contributed by atoms with van der Waals surface area (Å²) in [5, 5.41) is 7.01. The fraction of sp³-hybridized carbons (Fsp3) is 0.474. The fourth-order valence-corrected chi connectivity index (χ4v) is 4.11. The van der Waals surface area contributed by atoms with Crippen molar-refractivity contribution < 1.29 is 9.59 Å². The average Bonchev–Trinajstić information content (AvgIpc) is 2.92. The molecule has 0 bridgehead atoms. The molecule has 5 heteroatoms. The van der Waals surface area contributed by atoms with Gasteiger partial charge in [0.2, 0.25) is 11.8 Å². The molecule has 5 nitrogen and oxygen atoms in total. The number of rotatable bonds is 2. The SMILES string of the molecule is Cn1cc(C2CCC(=O)NC2=O)c2ccc(C3CCNCC3)cc21. The summed E-state index contributed by atoms with van der Waals surface area (Å²) in [4.78, 5) is 23.6. The second kappa shape index (κ2) is 6.06. The maximum Gasteiger partial charge on any atom is 0.234 e. The van der Waals surface area contributed by atoms with Crippen LogP contribution in [-0.2, 0) is 16.6 Å². The molecule has 2 saturated heterocycles. The summed E-state index contributed by atoms with van der Waals surface area (Å²) < 4.78 is 2.11. The average molecular weight is 325 g/mol. The Kier molecular flexibility index (Phi) is 3.88. The minimum atomic E-state index is -0.226. The Morgan fingerprint density at radius 1 is 1.12 bits per heavy atom. The summed E-state index contributed by atoms with van der Waals surface area (Å²) in [5.74, 6) is 0.0617. The minimum Gasteiger partial charge on any atom is -0.350 e.